The number of hydrogen-bond acceptors (Lipinski definition) is 4. The van der Waals surface area contributed by atoms with Gasteiger partial charge in [-0.3, -0.25) is 4.52 Å². The molecule has 5 heteroatoms. The van der Waals surface area contributed by atoms with E-state index in [-0.39, 0.29) is 0 Å². The Labute approximate surface area is 87.0 Å². The molecule has 0 fully saturated rings. The first-order chi connectivity index (χ1) is 7.28. The fraction of sp³-hybridized carbons (Fsp3) is 0.200. The topological polar surface area (TPSA) is 65.2 Å². The molecule has 0 bridgehead atoms. The molecular formula is C10H12N3O2+. The molecule has 0 aliphatic heterocycles. The van der Waals surface area contributed by atoms with Gasteiger partial charge in [-0.15, -0.1) is 0 Å². The van der Waals surface area contributed by atoms with Crippen LogP contribution in [0.4, 0.5) is 5.88 Å². The Kier molecular flexibility index (Phi) is 2.53. The summed E-state index contributed by atoms with van der Waals surface area (Å²) in [5, 5.41) is 3.74. The third-order valence-electron chi connectivity index (χ3n) is 2.03. The summed E-state index contributed by atoms with van der Waals surface area (Å²) < 4.78 is 11.4. The maximum atomic E-state index is 5.41. The quantitative estimate of drug-likeness (QED) is 0.747. The molecule has 0 aliphatic carbocycles. The van der Waals surface area contributed by atoms with E-state index in [2.05, 4.69) is 5.27 Å². The molecule has 0 radical (unpaired) electrons. The first-order valence-corrected chi connectivity index (χ1v) is 4.53. The fourth-order valence-electron chi connectivity index (χ4n) is 1.29. The number of rotatable bonds is 3. The predicted molar refractivity (Wildman–Crippen MR) is 53.2 cm³/mol. The SMILES string of the molecule is COc1ccc(C[n+]2cc(N)on2)cc1. The summed E-state index contributed by atoms with van der Waals surface area (Å²) in [4.78, 5) is 0. The largest absolute Gasteiger partial charge is 0.497 e. The minimum atomic E-state index is 0.309. The van der Waals surface area contributed by atoms with Crippen LogP contribution in [0.3, 0.4) is 0 Å². The highest BCUT2D eigenvalue weighted by atomic mass is 16.5. The predicted octanol–water partition coefficient (Wildman–Crippen LogP) is 0.601. The number of benzene rings is 1. The number of nitrogen functional groups attached to an aromatic ring is 1. The van der Waals surface area contributed by atoms with Crippen LogP contribution in [0.5, 0.6) is 5.75 Å². The number of nitrogens with zero attached hydrogens (tertiary/aromatic N) is 2. The molecule has 78 valence electrons. The van der Waals surface area contributed by atoms with Crippen LogP contribution in [-0.2, 0) is 6.54 Å². The lowest BCUT2D eigenvalue weighted by atomic mass is 10.2. The van der Waals surface area contributed by atoms with Gasteiger partial charge in [0.15, 0.2) is 0 Å². The van der Waals surface area contributed by atoms with Crippen LogP contribution in [0, 0.1) is 0 Å². The molecule has 2 N–H and O–H groups in total. The number of hydrogen-bond donors (Lipinski definition) is 1. The monoisotopic (exact) mass is 206 g/mol. The van der Waals surface area contributed by atoms with Gasteiger partial charge in [0.2, 0.25) is 11.8 Å². The maximum Gasteiger partial charge on any atom is 0.293 e. The van der Waals surface area contributed by atoms with Crippen LogP contribution in [0.2, 0.25) is 0 Å². The molecule has 0 aliphatic rings. The maximum absolute atomic E-state index is 5.41. The van der Waals surface area contributed by atoms with E-state index in [9.17, 15) is 0 Å². The molecular weight excluding hydrogens is 194 g/mol. The van der Waals surface area contributed by atoms with Gasteiger partial charge in [0, 0.05) is 5.56 Å². The molecule has 0 saturated carbocycles. The van der Waals surface area contributed by atoms with E-state index in [0.29, 0.717) is 12.4 Å². The van der Waals surface area contributed by atoms with Crippen LogP contribution in [0.1, 0.15) is 5.56 Å². The van der Waals surface area contributed by atoms with Crippen LogP contribution in [-0.4, -0.2) is 12.4 Å². The highest BCUT2D eigenvalue weighted by Gasteiger charge is 2.09. The van der Waals surface area contributed by atoms with E-state index in [1.807, 2.05) is 24.3 Å². The zero-order valence-corrected chi connectivity index (χ0v) is 8.38. The van der Waals surface area contributed by atoms with Gasteiger partial charge in [0.1, 0.15) is 5.75 Å². The third-order valence-corrected chi connectivity index (χ3v) is 2.03. The molecule has 0 unspecified atom stereocenters. The van der Waals surface area contributed by atoms with Crippen LogP contribution >= 0.6 is 0 Å². The molecule has 0 amide bonds. The lowest BCUT2D eigenvalue weighted by Crippen LogP contribution is -2.35. The van der Waals surface area contributed by atoms with Gasteiger partial charge < -0.3 is 10.5 Å². The van der Waals surface area contributed by atoms with E-state index in [0.717, 1.165) is 11.3 Å². The van der Waals surface area contributed by atoms with Gasteiger partial charge >= 0.3 is 0 Å². The van der Waals surface area contributed by atoms with Crippen LogP contribution in [0.15, 0.2) is 35.0 Å². The number of aromatic nitrogens is 2. The van der Waals surface area contributed by atoms with Crippen molar-refractivity contribution in [2.24, 2.45) is 0 Å². The average Bonchev–Trinajstić information content (AvgIpc) is 2.65. The Morgan fingerprint density at radius 3 is 2.67 bits per heavy atom. The molecule has 1 heterocycles. The molecule has 5 nitrogen and oxygen atoms in total. The summed E-state index contributed by atoms with van der Waals surface area (Å²) >= 11 is 0. The highest BCUT2D eigenvalue weighted by molar-refractivity contribution is 5.26. The van der Waals surface area contributed by atoms with Crippen molar-refractivity contribution in [3.8, 4) is 5.75 Å². The van der Waals surface area contributed by atoms with Gasteiger partial charge in [-0.2, -0.15) is 0 Å². The van der Waals surface area contributed by atoms with E-state index >= 15 is 0 Å². The summed E-state index contributed by atoms with van der Waals surface area (Å²) in [5.41, 5.74) is 6.51. The summed E-state index contributed by atoms with van der Waals surface area (Å²) in [7, 11) is 1.64. The van der Waals surface area contributed by atoms with Crippen molar-refractivity contribution >= 4 is 5.88 Å². The second kappa shape index (κ2) is 4.00. The molecule has 0 spiro atoms. The smallest absolute Gasteiger partial charge is 0.293 e. The summed E-state index contributed by atoms with van der Waals surface area (Å²) in [6, 6.07) is 7.74. The summed E-state index contributed by atoms with van der Waals surface area (Å²) in [6.07, 6.45) is 1.64. The molecule has 0 atom stereocenters. The van der Waals surface area contributed by atoms with Crippen molar-refractivity contribution in [2.75, 3.05) is 12.8 Å². The zero-order chi connectivity index (χ0) is 10.7. The van der Waals surface area contributed by atoms with E-state index in [1.165, 1.54) is 0 Å². The van der Waals surface area contributed by atoms with Crippen molar-refractivity contribution < 1.29 is 13.9 Å². The van der Waals surface area contributed by atoms with E-state index < -0.39 is 0 Å². The third kappa shape index (κ3) is 2.25. The van der Waals surface area contributed by atoms with Crippen molar-refractivity contribution in [1.29, 1.82) is 0 Å². The molecule has 2 aromatic rings. The number of nitrogens with two attached hydrogens (primary N) is 1. The Hall–Kier alpha value is -2.04. The minimum absolute atomic E-state index is 0.309. The summed E-state index contributed by atoms with van der Waals surface area (Å²) in [6.45, 7) is 0.630. The number of ether oxygens (including phenoxy) is 1. The normalized spacial score (nSPS) is 10.2. The molecule has 1 aromatic heterocycles. The van der Waals surface area contributed by atoms with Crippen LogP contribution < -0.4 is 15.2 Å². The Balaban J connectivity index is 2.11. The first kappa shape index (κ1) is 9.51. The lowest BCUT2D eigenvalue weighted by molar-refractivity contribution is -0.754. The number of anilines is 1. The number of methoxy groups -OCH3 is 1. The zero-order valence-electron chi connectivity index (χ0n) is 8.38. The van der Waals surface area contributed by atoms with E-state index in [4.69, 9.17) is 15.0 Å². The first-order valence-electron chi connectivity index (χ1n) is 4.53. The Bertz CT molecular complexity index is 436. The molecule has 1 aromatic carbocycles. The van der Waals surface area contributed by atoms with Crippen molar-refractivity contribution in [2.45, 2.75) is 6.54 Å². The van der Waals surface area contributed by atoms with Gasteiger partial charge in [0.25, 0.3) is 12.1 Å². The molecule has 0 saturated heterocycles. The second-order valence-electron chi connectivity index (χ2n) is 3.15. The van der Waals surface area contributed by atoms with Gasteiger partial charge in [-0.1, -0.05) is 0 Å². The van der Waals surface area contributed by atoms with Crippen molar-refractivity contribution in [3.05, 3.63) is 36.0 Å². The van der Waals surface area contributed by atoms with Gasteiger partial charge in [-0.25, -0.2) is 0 Å². The minimum Gasteiger partial charge on any atom is -0.497 e. The fourth-order valence-corrected chi connectivity index (χ4v) is 1.29. The van der Waals surface area contributed by atoms with E-state index in [1.54, 1.807) is 18.0 Å². The van der Waals surface area contributed by atoms with Crippen LogP contribution in [0.25, 0.3) is 0 Å². The van der Waals surface area contributed by atoms with Gasteiger partial charge in [-0.05, 0) is 28.9 Å². The molecule has 2 rings (SSSR count). The van der Waals surface area contributed by atoms with Crippen molar-refractivity contribution in [3.63, 3.8) is 0 Å². The Morgan fingerprint density at radius 2 is 2.13 bits per heavy atom. The van der Waals surface area contributed by atoms with Crippen molar-refractivity contribution in [1.82, 2.24) is 5.27 Å². The molecule has 15 heavy (non-hydrogen) atoms. The Morgan fingerprint density at radius 1 is 1.40 bits per heavy atom. The second-order valence-corrected chi connectivity index (χ2v) is 3.15. The average molecular weight is 206 g/mol. The standard InChI is InChI=1S/C10H12N3O2/c1-14-9-4-2-8(3-5-9)6-13-7-10(11)15-12-13/h2-5,7H,6,11H2,1H3/q+1. The highest BCUT2D eigenvalue weighted by Crippen LogP contribution is 2.10. The summed E-state index contributed by atoms with van der Waals surface area (Å²) in [5.74, 6) is 1.15. The lowest BCUT2D eigenvalue weighted by Gasteiger charge is -1.98. The van der Waals surface area contributed by atoms with Gasteiger partial charge in [0.05, 0.1) is 7.11 Å².